The highest BCUT2D eigenvalue weighted by Gasteiger charge is 2.20. The lowest BCUT2D eigenvalue weighted by molar-refractivity contribution is -0.384. The number of nitro groups is 1. The summed E-state index contributed by atoms with van der Waals surface area (Å²) in [5, 5.41) is 23.3. The molecule has 0 aliphatic rings. The SMILES string of the molecule is CCC(NCC(C)(C)CCO)c1cccc([N+](=O)[O-])c1. The molecule has 0 spiro atoms. The van der Waals surface area contributed by atoms with Crippen molar-refractivity contribution in [3.05, 3.63) is 39.9 Å². The molecule has 0 aliphatic heterocycles. The Morgan fingerprint density at radius 3 is 2.70 bits per heavy atom. The molecule has 0 amide bonds. The van der Waals surface area contributed by atoms with E-state index in [1.807, 2.05) is 6.07 Å². The molecule has 20 heavy (non-hydrogen) atoms. The molecule has 1 atom stereocenters. The molecule has 0 aliphatic carbocycles. The van der Waals surface area contributed by atoms with Gasteiger partial charge < -0.3 is 10.4 Å². The largest absolute Gasteiger partial charge is 0.396 e. The molecule has 1 aromatic carbocycles. The average molecular weight is 280 g/mol. The first-order chi connectivity index (χ1) is 9.39. The molecule has 2 N–H and O–H groups in total. The Hall–Kier alpha value is -1.46. The van der Waals surface area contributed by atoms with E-state index in [4.69, 9.17) is 5.11 Å². The summed E-state index contributed by atoms with van der Waals surface area (Å²) in [6, 6.07) is 6.85. The van der Waals surface area contributed by atoms with Crippen molar-refractivity contribution in [3.63, 3.8) is 0 Å². The van der Waals surface area contributed by atoms with E-state index in [0.717, 1.165) is 24.9 Å². The van der Waals surface area contributed by atoms with Crippen molar-refractivity contribution in [2.45, 2.75) is 39.7 Å². The fourth-order valence-corrected chi connectivity index (χ4v) is 2.14. The summed E-state index contributed by atoms with van der Waals surface area (Å²) in [4.78, 5) is 10.5. The van der Waals surface area contributed by atoms with Gasteiger partial charge in [0.2, 0.25) is 0 Å². The van der Waals surface area contributed by atoms with E-state index in [2.05, 4.69) is 26.1 Å². The van der Waals surface area contributed by atoms with Crippen LogP contribution in [0.15, 0.2) is 24.3 Å². The van der Waals surface area contributed by atoms with Gasteiger partial charge in [-0.3, -0.25) is 10.1 Å². The van der Waals surface area contributed by atoms with Crippen LogP contribution in [0, 0.1) is 15.5 Å². The third kappa shape index (κ3) is 4.90. The molecule has 1 aromatic rings. The lowest BCUT2D eigenvalue weighted by Gasteiger charge is -2.27. The number of benzene rings is 1. The second kappa shape index (κ2) is 7.36. The van der Waals surface area contributed by atoms with Gasteiger partial charge in [-0.2, -0.15) is 0 Å². The Morgan fingerprint density at radius 1 is 1.45 bits per heavy atom. The third-order valence-electron chi connectivity index (χ3n) is 3.51. The van der Waals surface area contributed by atoms with Crippen molar-refractivity contribution < 1.29 is 10.0 Å². The number of nitrogens with one attached hydrogen (secondary N) is 1. The van der Waals surface area contributed by atoms with Gasteiger partial charge in [-0.25, -0.2) is 0 Å². The molecule has 0 saturated carbocycles. The highest BCUT2D eigenvalue weighted by molar-refractivity contribution is 5.35. The third-order valence-corrected chi connectivity index (χ3v) is 3.51. The molecular formula is C15H24N2O3. The minimum absolute atomic E-state index is 0.00286. The van der Waals surface area contributed by atoms with E-state index in [9.17, 15) is 10.1 Å². The van der Waals surface area contributed by atoms with Gasteiger partial charge in [0.15, 0.2) is 0 Å². The smallest absolute Gasteiger partial charge is 0.269 e. The topological polar surface area (TPSA) is 75.4 Å². The molecule has 0 saturated heterocycles. The standard InChI is InChI=1S/C15H24N2O3/c1-4-14(16-11-15(2,3)8-9-18)12-6-5-7-13(10-12)17(19)20/h5-7,10,14,16,18H,4,8-9,11H2,1-3H3. The van der Waals surface area contributed by atoms with Gasteiger partial charge in [-0.1, -0.05) is 32.9 Å². The summed E-state index contributed by atoms with van der Waals surface area (Å²) in [5.41, 5.74) is 1.06. The van der Waals surface area contributed by atoms with Gasteiger partial charge in [0.25, 0.3) is 5.69 Å². The van der Waals surface area contributed by atoms with Gasteiger partial charge >= 0.3 is 0 Å². The lowest BCUT2D eigenvalue weighted by Crippen LogP contribution is -2.32. The highest BCUT2D eigenvalue weighted by Crippen LogP contribution is 2.24. The molecule has 1 unspecified atom stereocenters. The van der Waals surface area contributed by atoms with Crippen molar-refractivity contribution in [1.29, 1.82) is 0 Å². The quantitative estimate of drug-likeness (QED) is 0.567. The lowest BCUT2D eigenvalue weighted by atomic mass is 9.89. The summed E-state index contributed by atoms with van der Waals surface area (Å²) in [7, 11) is 0. The molecule has 0 bridgehead atoms. The second-order valence-corrected chi connectivity index (χ2v) is 5.83. The molecule has 0 fully saturated rings. The molecule has 0 radical (unpaired) electrons. The Bertz CT molecular complexity index is 446. The number of non-ortho nitro benzene ring substituents is 1. The zero-order chi connectivity index (χ0) is 15.2. The molecular weight excluding hydrogens is 256 g/mol. The zero-order valence-corrected chi connectivity index (χ0v) is 12.4. The number of aliphatic hydroxyl groups excluding tert-OH is 1. The van der Waals surface area contributed by atoms with Crippen LogP contribution in [0.4, 0.5) is 5.69 Å². The van der Waals surface area contributed by atoms with Crippen molar-refractivity contribution >= 4 is 5.69 Å². The van der Waals surface area contributed by atoms with Crippen LogP contribution in [0.3, 0.4) is 0 Å². The normalized spacial score (nSPS) is 13.2. The molecule has 1 rings (SSSR count). The number of nitrogens with zero attached hydrogens (tertiary/aromatic N) is 1. The fourth-order valence-electron chi connectivity index (χ4n) is 2.14. The predicted molar refractivity (Wildman–Crippen MR) is 79.6 cm³/mol. The van der Waals surface area contributed by atoms with Gasteiger partial charge in [-0.15, -0.1) is 0 Å². The highest BCUT2D eigenvalue weighted by atomic mass is 16.6. The maximum absolute atomic E-state index is 10.8. The van der Waals surface area contributed by atoms with Gasteiger partial charge in [0.05, 0.1) is 4.92 Å². The average Bonchev–Trinajstić information content (AvgIpc) is 2.39. The minimum Gasteiger partial charge on any atom is -0.396 e. The Kier molecular flexibility index (Phi) is 6.10. The van der Waals surface area contributed by atoms with E-state index in [1.54, 1.807) is 12.1 Å². The minimum atomic E-state index is -0.369. The van der Waals surface area contributed by atoms with Crippen LogP contribution in [0.1, 0.15) is 45.2 Å². The zero-order valence-electron chi connectivity index (χ0n) is 12.4. The molecule has 0 heterocycles. The first-order valence-electron chi connectivity index (χ1n) is 6.98. The first-order valence-corrected chi connectivity index (χ1v) is 6.98. The molecule has 5 nitrogen and oxygen atoms in total. The van der Waals surface area contributed by atoms with E-state index < -0.39 is 0 Å². The number of nitro benzene ring substituents is 1. The molecule has 0 aromatic heterocycles. The van der Waals surface area contributed by atoms with E-state index in [1.165, 1.54) is 6.07 Å². The van der Waals surface area contributed by atoms with Gasteiger partial charge in [0, 0.05) is 31.3 Å². The van der Waals surface area contributed by atoms with Crippen molar-refractivity contribution in [3.8, 4) is 0 Å². The first kappa shape index (κ1) is 16.6. The van der Waals surface area contributed by atoms with Crippen LogP contribution in [-0.4, -0.2) is 23.2 Å². The van der Waals surface area contributed by atoms with E-state index >= 15 is 0 Å². The molecule has 5 heteroatoms. The Balaban J connectivity index is 2.76. The van der Waals surface area contributed by atoms with Crippen LogP contribution < -0.4 is 5.32 Å². The van der Waals surface area contributed by atoms with Gasteiger partial charge in [-0.05, 0) is 23.8 Å². The Labute approximate surface area is 120 Å². The summed E-state index contributed by atoms with van der Waals surface area (Å²) in [6.07, 6.45) is 1.59. The maximum atomic E-state index is 10.8. The summed E-state index contributed by atoms with van der Waals surface area (Å²) in [6.45, 7) is 7.17. The van der Waals surface area contributed by atoms with Crippen molar-refractivity contribution in [2.24, 2.45) is 5.41 Å². The van der Waals surface area contributed by atoms with Crippen LogP contribution in [-0.2, 0) is 0 Å². The Morgan fingerprint density at radius 2 is 2.15 bits per heavy atom. The number of hydrogen-bond acceptors (Lipinski definition) is 4. The van der Waals surface area contributed by atoms with Crippen molar-refractivity contribution in [2.75, 3.05) is 13.2 Å². The molecule has 112 valence electrons. The summed E-state index contributed by atoms with van der Waals surface area (Å²) < 4.78 is 0. The monoisotopic (exact) mass is 280 g/mol. The van der Waals surface area contributed by atoms with E-state index in [-0.39, 0.29) is 28.7 Å². The van der Waals surface area contributed by atoms with Crippen LogP contribution in [0.25, 0.3) is 0 Å². The summed E-state index contributed by atoms with van der Waals surface area (Å²) in [5.74, 6) is 0. The van der Waals surface area contributed by atoms with Gasteiger partial charge in [0.1, 0.15) is 0 Å². The van der Waals surface area contributed by atoms with Crippen molar-refractivity contribution in [1.82, 2.24) is 5.32 Å². The van der Waals surface area contributed by atoms with Crippen LogP contribution >= 0.6 is 0 Å². The maximum Gasteiger partial charge on any atom is 0.269 e. The number of hydrogen-bond donors (Lipinski definition) is 2. The summed E-state index contributed by atoms with van der Waals surface area (Å²) >= 11 is 0. The number of aliphatic hydroxyl groups is 1. The number of rotatable bonds is 8. The predicted octanol–water partition coefficient (Wildman–Crippen LogP) is 3.04. The van der Waals surface area contributed by atoms with Crippen LogP contribution in [0.5, 0.6) is 0 Å². The van der Waals surface area contributed by atoms with Crippen LogP contribution in [0.2, 0.25) is 0 Å². The fraction of sp³-hybridized carbons (Fsp3) is 0.600. The second-order valence-electron chi connectivity index (χ2n) is 5.83. The van der Waals surface area contributed by atoms with E-state index in [0.29, 0.717) is 0 Å².